The molecule has 158 valence electrons. The molecule has 31 heavy (non-hydrogen) atoms. The van der Waals surface area contributed by atoms with Crippen molar-refractivity contribution < 1.29 is 14.3 Å². The zero-order chi connectivity index (χ0) is 21.5. The Morgan fingerprint density at radius 2 is 2.16 bits per heavy atom. The summed E-state index contributed by atoms with van der Waals surface area (Å²) in [7, 11) is 1.62. The van der Waals surface area contributed by atoms with Crippen molar-refractivity contribution in [3.05, 3.63) is 62.0 Å². The number of carbonyl (C=O) groups excluding carboxylic acids is 1. The van der Waals surface area contributed by atoms with Crippen LogP contribution in [-0.4, -0.2) is 27.6 Å². The third kappa shape index (κ3) is 3.53. The molecule has 7 nitrogen and oxygen atoms in total. The highest BCUT2D eigenvalue weighted by atomic mass is 32.1. The maximum absolute atomic E-state index is 12.8. The average Bonchev–Trinajstić information content (AvgIpc) is 3.51. The van der Waals surface area contributed by atoms with Gasteiger partial charge >= 0.3 is 5.97 Å². The summed E-state index contributed by atoms with van der Waals surface area (Å²) in [6.07, 6.45) is 1.72. The van der Waals surface area contributed by atoms with E-state index in [0.29, 0.717) is 32.9 Å². The fourth-order valence-electron chi connectivity index (χ4n) is 3.74. The highest BCUT2D eigenvalue weighted by Crippen LogP contribution is 2.30. The molecule has 0 bridgehead atoms. The highest BCUT2D eigenvalue weighted by Gasteiger charge is 2.24. The molecule has 9 heteroatoms. The van der Waals surface area contributed by atoms with E-state index in [0.717, 1.165) is 35.0 Å². The monoisotopic (exact) mass is 453 g/mol. The van der Waals surface area contributed by atoms with E-state index in [-0.39, 0.29) is 12.2 Å². The minimum atomic E-state index is -0.457. The molecule has 0 unspecified atom stereocenters. The van der Waals surface area contributed by atoms with Gasteiger partial charge in [-0.25, -0.2) is 14.8 Å². The van der Waals surface area contributed by atoms with Gasteiger partial charge in [0.25, 0.3) is 5.56 Å². The zero-order valence-corrected chi connectivity index (χ0v) is 18.6. The van der Waals surface area contributed by atoms with E-state index in [1.165, 1.54) is 22.7 Å². The lowest BCUT2D eigenvalue weighted by Gasteiger charge is -2.03. The summed E-state index contributed by atoms with van der Waals surface area (Å²) < 4.78 is 12.5. The summed E-state index contributed by atoms with van der Waals surface area (Å²) in [6.45, 7) is 2.53. The van der Waals surface area contributed by atoms with Gasteiger partial charge in [0.2, 0.25) is 0 Å². The number of benzene rings is 1. The Kier molecular flexibility index (Phi) is 5.07. The van der Waals surface area contributed by atoms with Crippen LogP contribution in [0.15, 0.2) is 34.4 Å². The summed E-state index contributed by atoms with van der Waals surface area (Å²) in [4.78, 5) is 35.7. The first kappa shape index (κ1) is 19.9. The number of thiophene rings is 1. The van der Waals surface area contributed by atoms with Gasteiger partial charge in [-0.05, 0) is 31.0 Å². The molecule has 5 rings (SSSR count). The average molecular weight is 454 g/mol. The molecule has 1 aromatic carbocycles. The summed E-state index contributed by atoms with van der Waals surface area (Å²) in [5.74, 6) is 1.10. The van der Waals surface area contributed by atoms with Gasteiger partial charge < -0.3 is 9.47 Å². The molecule has 0 atom stereocenters. The van der Waals surface area contributed by atoms with Crippen molar-refractivity contribution in [1.82, 2.24) is 14.5 Å². The molecule has 0 fully saturated rings. The topological polar surface area (TPSA) is 83.3 Å². The van der Waals surface area contributed by atoms with Crippen LogP contribution in [0.5, 0.6) is 5.75 Å². The first-order valence-electron chi connectivity index (χ1n) is 9.84. The number of thiazole rings is 1. The Bertz CT molecular complexity index is 1370. The third-order valence-corrected chi connectivity index (χ3v) is 7.42. The maximum atomic E-state index is 12.8. The van der Waals surface area contributed by atoms with Crippen LogP contribution in [-0.2, 0) is 24.3 Å². The van der Waals surface area contributed by atoms with Crippen molar-refractivity contribution in [3.8, 4) is 16.3 Å². The highest BCUT2D eigenvalue weighted by molar-refractivity contribution is 7.20. The largest absolute Gasteiger partial charge is 0.497 e. The number of fused-ring (bicyclic) bond motifs is 2. The van der Waals surface area contributed by atoms with Crippen molar-refractivity contribution in [3.63, 3.8) is 0 Å². The molecule has 0 saturated heterocycles. The maximum Gasteiger partial charge on any atom is 0.349 e. The Hall–Kier alpha value is -3.04. The summed E-state index contributed by atoms with van der Waals surface area (Å²) in [5.41, 5.74) is 2.20. The molecule has 0 aliphatic carbocycles. The van der Waals surface area contributed by atoms with Crippen molar-refractivity contribution >= 4 is 38.9 Å². The van der Waals surface area contributed by atoms with Gasteiger partial charge in [0, 0.05) is 23.9 Å². The van der Waals surface area contributed by atoms with Gasteiger partial charge in [-0.1, -0.05) is 12.1 Å². The second kappa shape index (κ2) is 7.90. The van der Waals surface area contributed by atoms with Gasteiger partial charge in [0.05, 0.1) is 18.2 Å². The molecule has 0 amide bonds. The normalized spacial score (nSPS) is 12.8. The number of carbonyl (C=O) groups is 1. The third-order valence-electron chi connectivity index (χ3n) is 5.32. The zero-order valence-electron chi connectivity index (χ0n) is 17.0. The summed E-state index contributed by atoms with van der Waals surface area (Å²) >= 11 is 2.70. The van der Waals surface area contributed by atoms with Gasteiger partial charge in [-0.3, -0.25) is 9.36 Å². The second-order valence-corrected chi connectivity index (χ2v) is 9.13. The second-order valence-electron chi connectivity index (χ2n) is 7.28. The molecular formula is C22H19N3O4S2. The fraction of sp³-hybridized carbons (Fsp3) is 0.273. The molecule has 0 saturated carbocycles. The van der Waals surface area contributed by atoms with E-state index < -0.39 is 5.97 Å². The minimum Gasteiger partial charge on any atom is -0.497 e. The molecule has 0 N–H and O–H groups in total. The number of aromatic nitrogens is 3. The lowest BCUT2D eigenvalue weighted by Crippen LogP contribution is -2.20. The Balaban J connectivity index is 1.35. The lowest BCUT2D eigenvalue weighted by atomic mass is 10.2. The molecule has 1 aliphatic rings. The van der Waals surface area contributed by atoms with Gasteiger partial charge in [-0.15, -0.1) is 22.7 Å². The van der Waals surface area contributed by atoms with E-state index in [4.69, 9.17) is 9.47 Å². The van der Waals surface area contributed by atoms with Crippen molar-refractivity contribution in [2.45, 2.75) is 32.9 Å². The number of hydrogen-bond donors (Lipinski definition) is 0. The summed E-state index contributed by atoms with van der Waals surface area (Å²) in [5, 5.41) is 3.23. The first-order chi connectivity index (χ1) is 15.0. The van der Waals surface area contributed by atoms with E-state index in [1.807, 2.05) is 29.6 Å². The smallest absolute Gasteiger partial charge is 0.349 e. The van der Waals surface area contributed by atoms with Crippen molar-refractivity contribution in [2.75, 3.05) is 7.11 Å². The molecule has 3 aromatic heterocycles. The fourth-order valence-corrected chi connectivity index (χ4v) is 5.62. The molecule has 0 spiro atoms. The summed E-state index contributed by atoms with van der Waals surface area (Å²) in [6, 6.07) is 7.66. The van der Waals surface area contributed by atoms with Crippen LogP contribution in [0.4, 0.5) is 0 Å². The van der Waals surface area contributed by atoms with Crippen LogP contribution < -0.4 is 10.3 Å². The molecule has 4 heterocycles. The number of hydrogen-bond acceptors (Lipinski definition) is 8. The lowest BCUT2D eigenvalue weighted by molar-refractivity contribution is 0.0473. The van der Waals surface area contributed by atoms with Crippen molar-refractivity contribution in [2.24, 2.45) is 0 Å². The van der Waals surface area contributed by atoms with Gasteiger partial charge in [0.1, 0.15) is 32.9 Å². The van der Waals surface area contributed by atoms with E-state index in [2.05, 4.69) is 9.97 Å². The Morgan fingerprint density at radius 1 is 1.29 bits per heavy atom. The van der Waals surface area contributed by atoms with E-state index in [1.54, 1.807) is 18.6 Å². The van der Waals surface area contributed by atoms with E-state index in [9.17, 15) is 9.59 Å². The van der Waals surface area contributed by atoms with Gasteiger partial charge in [-0.2, -0.15) is 0 Å². The van der Waals surface area contributed by atoms with Crippen LogP contribution in [0.25, 0.3) is 20.8 Å². The predicted molar refractivity (Wildman–Crippen MR) is 120 cm³/mol. The first-order valence-corrected chi connectivity index (χ1v) is 11.5. The molecule has 1 aliphatic heterocycles. The number of esters is 1. The van der Waals surface area contributed by atoms with Gasteiger partial charge in [0.15, 0.2) is 0 Å². The minimum absolute atomic E-state index is 0.0623. The molecule has 4 aromatic rings. The molecule has 0 radical (unpaired) electrons. The quantitative estimate of drug-likeness (QED) is 0.421. The van der Waals surface area contributed by atoms with Crippen LogP contribution in [0.3, 0.4) is 0 Å². The number of nitrogens with zero attached hydrogens (tertiary/aromatic N) is 3. The standard InChI is InChI=1S/C22H19N3O4S2/c1-12-17-20(24-16-7-4-8-25(16)21(17)26)31-18(12)22(27)29-10-14-11-30-19(23-14)13-5-3-6-15(9-13)28-2/h3,5-6,9,11H,4,7-8,10H2,1-2H3. The van der Waals surface area contributed by atoms with Crippen LogP contribution in [0.2, 0.25) is 0 Å². The van der Waals surface area contributed by atoms with Crippen LogP contribution in [0, 0.1) is 6.92 Å². The Morgan fingerprint density at radius 3 is 3.00 bits per heavy atom. The number of ether oxygens (including phenoxy) is 2. The van der Waals surface area contributed by atoms with Crippen LogP contribution in [0.1, 0.15) is 33.2 Å². The Labute approximate surface area is 185 Å². The molecular weight excluding hydrogens is 434 g/mol. The number of rotatable bonds is 5. The van der Waals surface area contributed by atoms with Crippen LogP contribution >= 0.6 is 22.7 Å². The number of methoxy groups -OCH3 is 1. The van der Waals surface area contributed by atoms with Crippen molar-refractivity contribution in [1.29, 1.82) is 0 Å². The SMILES string of the molecule is COc1cccc(-c2nc(COC(=O)c3sc4nc5n(c(=O)c4c3C)CCC5)cs2)c1. The number of aryl methyl sites for hydroxylation is 2. The predicted octanol–water partition coefficient (Wildman–Crippen LogP) is 4.20. The van der Waals surface area contributed by atoms with E-state index >= 15 is 0 Å².